The Labute approximate surface area is 94.1 Å². The Hall–Kier alpha value is -0.570. The Bertz CT molecular complexity index is 350. The second-order valence-corrected chi connectivity index (χ2v) is 5.78. The second-order valence-electron chi connectivity index (χ2n) is 5.44. The highest BCUT2D eigenvalue weighted by Gasteiger charge is 2.71. The first kappa shape index (κ1) is 10.9. The zero-order valence-corrected chi connectivity index (χ0v) is 9.98. The molecule has 84 valence electrons. The number of carbonyl (C=O) groups excluding carboxylic acids is 2. The lowest BCUT2D eigenvalue weighted by atomic mass is 9.58. The number of rotatable bonds is 1. The number of fused-ring (bicyclic) bond motifs is 2. The summed E-state index contributed by atoms with van der Waals surface area (Å²) in [6.07, 6.45) is 1.32. The van der Waals surface area contributed by atoms with Crippen LogP contribution in [0.25, 0.3) is 0 Å². The molecule has 15 heavy (non-hydrogen) atoms. The van der Waals surface area contributed by atoms with E-state index in [2.05, 4.69) is 6.92 Å². The van der Waals surface area contributed by atoms with E-state index in [1.165, 1.54) is 0 Å². The highest BCUT2D eigenvalue weighted by molar-refractivity contribution is 6.66. The summed E-state index contributed by atoms with van der Waals surface area (Å²) in [6.45, 7) is 6.34. The Morgan fingerprint density at radius 2 is 1.93 bits per heavy atom. The summed E-state index contributed by atoms with van der Waals surface area (Å²) in [5, 5.41) is -0.569. The Morgan fingerprint density at radius 3 is 2.40 bits per heavy atom. The maximum absolute atomic E-state index is 11.8. The molecule has 0 unspecified atom stereocenters. The molecule has 1 aliphatic heterocycles. The van der Waals surface area contributed by atoms with Crippen molar-refractivity contribution in [2.45, 2.75) is 33.6 Å². The lowest BCUT2D eigenvalue weighted by Crippen LogP contribution is -2.56. The highest BCUT2D eigenvalue weighted by atomic mass is 35.5. The number of hydrogen-bond donors (Lipinski definition) is 0. The second kappa shape index (κ2) is 2.76. The van der Waals surface area contributed by atoms with E-state index < -0.39 is 22.0 Å². The summed E-state index contributed by atoms with van der Waals surface area (Å²) in [4.78, 5) is 23.5. The van der Waals surface area contributed by atoms with E-state index in [1.54, 1.807) is 0 Å². The topological polar surface area (TPSA) is 43.4 Å². The van der Waals surface area contributed by atoms with Crippen molar-refractivity contribution in [1.82, 2.24) is 0 Å². The van der Waals surface area contributed by atoms with Crippen LogP contribution in [0, 0.1) is 16.2 Å². The van der Waals surface area contributed by atoms with Gasteiger partial charge in [-0.1, -0.05) is 20.8 Å². The number of ether oxygens (including phenoxy) is 1. The predicted octanol–water partition coefficient (Wildman–Crippen LogP) is 2.12. The molecule has 1 heterocycles. The summed E-state index contributed by atoms with van der Waals surface area (Å²) < 4.78 is 5.12. The SMILES string of the molecule is CC1(C)[C@@]2(C)CC[C@]1(C(=O)Cl)C(=O)OC2. The molecule has 3 nitrogen and oxygen atoms in total. The Morgan fingerprint density at radius 1 is 1.33 bits per heavy atom. The summed E-state index contributed by atoms with van der Waals surface area (Å²) in [5.41, 5.74) is -1.68. The number of hydrogen-bond acceptors (Lipinski definition) is 3. The van der Waals surface area contributed by atoms with Crippen molar-refractivity contribution in [3.63, 3.8) is 0 Å². The minimum atomic E-state index is -1.12. The van der Waals surface area contributed by atoms with Gasteiger partial charge in [-0.15, -0.1) is 0 Å². The molecule has 2 fully saturated rings. The largest absolute Gasteiger partial charge is 0.464 e. The van der Waals surface area contributed by atoms with Gasteiger partial charge in [0.25, 0.3) is 0 Å². The summed E-state index contributed by atoms with van der Waals surface area (Å²) in [7, 11) is 0. The molecule has 1 aliphatic carbocycles. The van der Waals surface area contributed by atoms with E-state index in [9.17, 15) is 9.59 Å². The minimum Gasteiger partial charge on any atom is -0.464 e. The van der Waals surface area contributed by atoms with Gasteiger partial charge in [-0.25, -0.2) is 0 Å². The molecule has 0 N–H and O–H groups in total. The quantitative estimate of drug-likeness (QED) is 0.394. The van der Waals surface area contributed by atoms with Crippen LogP contribution in [0.1, 0.15) is 33.6 Å². The molecule has 0 aromatic rings. The molecular formula is C11H15ClO3. The van der Waals surface area contributed by atoms with Crippen molar-refractivity contribution in [1.29, 1.82) is 0 Å². The van der Waals surface area contributed by atoms with Crippen LogP contribution in [0.15, 0.2) is 0 Å². The van der Waals surface area contributed by atoms with E-state index in [0.29, 0.717) is 13.0 Å². The maximum Gasteiger partial charge on any atom is 0.321 e. The van der Waals surface area contributed by atoms with Gasteiger partial charge in [0.2, 0.25) is 5.24 Å². The molecule has 0 aromatic heterocycles. The van der Waals surface area contributed by atoms with Crippen molar-refractivity contribution in [2.24, 2.45) is 16.2 Å². The van der Waals surface area contributed by atoms with Crippen LogP contribution in [0.2, 0.25) is 0 Å². The van der Waals surface area contributed by atoms with Crippen LogP contribution < -0.4 is 0 Å². The first-order chi connectivity index (χ1) is 6.78. The average Bonchev–Trinajstić information content (AvgIpc) is 2.27. The zero-order chi connectivity index (χ0) is 11.5. The Kier molecular flexibility index (Phi) is 2.01. The van der Waals surface area contributed by atoms with Crippen molar-refractivity contribution < 1.29 is 14.3 Å². The van der Waals surface area contributed by atoms with Gasteiger partial charge < -0.3 is 4.74 Å². The van der Waals surface area contributed by atoms with Crippen LogP contribution in [-0.4, -0.2) is 17.8 Å². The van der Waals surface area contributed by atoms with Gasteiger partial charge in [0.05, 0.1) is 6.61 Å². The van der Waals surface area contributed by atoms with Gasteiger partial charge in [0.15, 0.2) is 0 Å². The van der Waals surface area contributed by atoms with Gasteiger partial charge in [0, 0.05) is 5.41 Å². The molecular weight excluding hydrogens is 216 g/mol. The lowest BCUT2D eigenvalue weighted by Gasteiger charge is -2.49. The molecule has 2 aliphatic rings. The zero-order valence-electron chi connectivity index (χ0n) is 9.22. The number of cyclic esters (lactones) is 1. The molecule has 0 aromatic carbocycles. The standard InChI is InChI=1S/C11H15ClO3/c1-9(2)10(3)4-5-11(9,7(12)13)8(14)15-6-10/h4-6H2,1-3H3/t10-,11-/m0/s1. The number of carbonyl (C=O) groups is 2. The molecule has 2 rings (SSSR count). The van der Waals surface area contributed by atoms with Gasteiger partial charge in [-0.2, -0.15) is 0 Å². The van der Waals surface area contributed by atoms with Gasteiger partial charge in [0.1, 0.15) is 5.41 Å². The number of esters is 1. The third-order valence-electron chi connectivity index (χ3n) is 4.83. The smallest absolute Gasteiger partial charge is 0.321 e. The minimum absolute atomic E-state index is 0.133. The molecule has 1 saturated heterocycles. The first-order valence-corrected chi connectivity index (χ1v) is 5.53. The maximum atomic E-state index is 11.8. The van der Waals surface area contributed by atoms with E-state index >= 15 is 0 Å². The molecule has 4 heteroatoms. The predicted molar refractivity (Wildman–Crippen MR) is 55.4 cm³/mol. The molecule has 0 radical (unpaired) electrons. The third kappa shape index (κ3) is 0.975. The molecule has 1 saturated carbocycles. The van der Waals surface area contributed by atoms with Gasteiger partial charge in [-0.3, -0.25) is 9.59 Å². The summed E-state index contributed by atoms with van der Waals surface area (Å²) >= 11 is 5.64. The monoisotopic (exact) mass is 230 g/mol. The molecule has 0 spiro atoms. The fourth-order valence-electron chi connectivity index (χ4n) is 2.99. The van der Waals surface area contributed by atoms with E-state index in [-0.39, 0.29) is 5.41 Å². The molecule has 2 atom stereocenters. The van der Waals surface area contributed by atoms with Gasteiger partial charge >= 0.3 is 5.97 Å². The van der Waals surface area contributed by atoms with E-state index in [4.69, 9.17) is 16.3 Å². The van der Waals surface area contributed by atoms with Crippen LogP contribution in [0.5, 0.6) is 0 Å². The summed E-state index contributed by atoms with van der Waals surface area (Å²) in [6, 6.07) is 0. The molecule has 0 amide bonds. The lowest BCUT2D eigenvalue weighted by molar-refractivity contribution is -0.186. The van der Waals surface area contributed by atoms with Crippen molar-refractivity contribution in [3.05, 3.63) is 0 Å². The summed E-state index contributed by atoms with van der Waals surface area (Å²) in [5.74, 6) is -0.442. The third-order valence-corrected chi connectivity index (χ3v) is 5.16. The Balaban J connectivity index is 2.61. The average molecular weight is 231 g/mol. The normalized spacial score (nSPS) is 42.5. The fourth-order valence-corrected chi connectivity index (χ4v) is 3.39. The fraction of sp³-hybridized carbons (Fsp3) is 0.818. The number of halogens is 1. The van der Waals surface area contributed by atoms with Crippen molar-refractivity contribution in [3.8, 4) is 0 Å². The van der Waals surface area contributed by atoms with Crippen LogP contribution >= 0.6 is 11.6 Å². The van der Waals surface area contributed by atoms with Crippen LogP contribution in [0.3, 0.4) is 0 Å². The van der Waals surface area contributed by atoms with E-state index in [1.807, 2.05) is 13.8 Å². The van der Waals surface area contributed by atoms with Crippen LogP contribution in [-0.2, 0) is 14.3 Å². The molecule has 2 bridgehead atoms. The highest BCUT2D eigenvalue weighted by Crippen LogP contribution is 2.66. The van der Waals surface area contributed by atoms with E-state index in [0.717, 1.165) is 6.42 Å². The van der Waals surface area contributed by atoms with Crippen molar-refractivity contribution >= 4 is 22.8 Å². The first-order valence-electron chi connectivity index (χ1n) is 5.15. The van der Waals surface area contributed by atoms with Crippen LogP contribution in [0.4, 0.5) is 0 Å². The van der Waals surface area contributed by atoms with Crippen molar-refractivity contribution in [2.75, 3.05) is 6.61 Å². The van der Waals surface area contributed by atoms with Gasteiger partial charge in [-0.05, 0) is 29.9 Å².